The maximum Gasteiger partial charge on any atom is 0.209 e. The smallest absolute Gasteiger partial charge is 0.209 e. The Bertz CT molecular complexity index is 271. The first-order chi connectivity index (χ1) is 5.17. The standard InChI is InChI=1S/C9H8FN/c1-3-9(2,10)8-6-4-5-7-11-8/h1,4-7H,2H3. The van der Waals surface area contributed by atoms with Crippen molar-refractivity contribution in [3.63, 3.8) is 0 Å². The zero-order chi connectivity index (χ0) is 8.32. The predicted octanol–water partition coefficient (Wildman–Crippen LogP) is 1.90. The molecule has 11 heavy (non-hydrogen) atoms. The normalized spacial score (nSPS) is 15.0. The summed E-state index contributed by atoms with van der Waals surface area (Å²) in [6.45, 7) is 1.31. The molecule has 0 aliphatic heterocycles. The van der Waals surface area contributed by atoms with E-state index < -0.39 is 5.67 Å². The first-order valence-corrected chi connectivity index (χ1v) is 3.25. The highest BCUT2D eigenvalue weighted by Gasteiger charge is 2.23. The summed E-state index contributed by atoms with van der Waals surface area (Å²) in [5.74, 6) is 2.03. The number of alkyl halides is 1. The van der Waals surface area contributed by atoms with E-state index in [0.29, 0.717) is 0 Å². The van der Waals surface area contributed by atoms with E-state index in [1.165, 1.54) is 13.1 Å². The van der Waals surface area contributed by atoms with Gasteiger partial charge in [-0.2, -0.15) is 0 Å². The molecule has 0 radical (unpaired) electrons. The summed E-state index contributed by atoms with van der Waals surface area (Å²) in [7, 11) is 0. The van der Waals surface area contributed by atoms with Gasteiger partial charge in [-0.1, -0.05) is 12.0 Å². The van der Waals surface area contributed by atoms with E-state index in [9.17, 15) is 4.39 Å². The highest BCUT2D eigenvalue weighted by Crippen LogP contribution is 2.21. The summed E-state index contributed by atoms with van der Waals surface area (Å²) < 4.78 is 13.3. The van der Waals surface area contributed by atoms with Crippen LogP contribution in [0.4, 0.5) is 4.39 Å². The van der Waals surface area contributed by atoms with Crippen LogP contribution in [0.25, 0.3) is 0 Å². The minimum Gasteiger partial charge on any atom is -0.257 e. The third kappa shape index (κ3) is 1.56. The lowest BCUT2D eigenvalue weighted by molar-refractivity contribution is 0.270. The second-order valence-corrected chi connectivity index (χ2v) is 2.36. The Morgan fingerprint density at radius 1 is 1.64 bits per heavy atom. The van der Waals surface area contributed by atoms with Gasteiger partial charge in [-0.25, -0.2) is 4.39 Å². The van der Waals surface area contributed by atoms with E-state index in [0.717, 1.165) is 0 Å². The van der Waals surface area contributed by atoms with Gasteiger partial charge < -0.3 is 0 Å². The fraction of sp³-hybridized carbons (Fsp3) is 0.222. The third-order valence-corrected chi connectivity index (χ3v) is 1.42. The number of pyridine rings is 1. The molecule has 56 valence electrons. The monoisotopic (exact) mass is 149 g/mol. The molecule has 0 saturated heterocycles. The number of hydrogen-bond acceptors (Lipinski definition) is 1. The molecular formula is C9H8FN. The Kier molecular flexibility index (Phi) is 1.91. The van der Waals surface area contributed by atoms with Crippen LogP contribution in [0.3, 0.4) is 0 Å². The van der Waals surface area contributed by atoms with E-state index in [1.807, 2.05) is 5.92 Å². The Hall–Kier alpha value is -1.36. The largest absolute Gasteiger partial charge is 0.257 e. The minimum absolute atomic E-state index is 0.280. The number of aromatic nitrogens is 1. The maximum atomic E-state index is 13.3. The van der Waals surface area contributed by atoms with E-state index in [2.05, 4.69) is 4.98 Å². The maximum absolute atomic E-state index is 13.3. The molecule has 1 aromatic heterocycles. The fourth-order valence-corrected chi connectivity index (χ4v) is 0.714. The molecule has 0 aromatic carbocycles. The lowest BCUT2D eigenvalue weighted by atomic mass is 10.1. The molecule has 0 N–H and O–H groups in total. The van der Waals surface area contributed by atoms with Crippen molar-refractivity contribution in [2.75, 3.05) is 0 Å². The molecule has 1 atom stereocenters. The van der Waals surface area contributed by atoms with Gasteiger partial charge in [-0.3, -0.25) is 4.98 Å². The van der Waals surface area contributed by atoms with Crippen LogP contribution in [0.1, 0.15) is 12.6 Å². The second kappa shape index (κ2) is 2.71. The summed E-state index contributed by atoms with van der Waals surface area (Å²) in [6, 6.07) is 4.99. The minimum atomic E-state index is -1.75. The van der Waals surface area contributed by atoms with Crippen molar-refractivity contribution in [2.45, 2.75) is 12.6 Å². The molecule has 0 saturated carbocycles. The van der Waals surface area contributed by atoms with Crippen LogP contribution in [0.5, 0.6) is 0 Å². The van der Waals surface area contributed by atoms with Crippen molar-refractivity contribution >= 4 is 0 Å². The summed E-state index contributed by atoms with van der Waals surface area (Å²) in [4.78, 5) is 3.80. The quantitative estimate of drug-likeness (QED) is 0.556. The Balaban J connectivity index is 3.05. The SMILES string of the molecule is C#CC(C)(F)c1ccccn1. The Labute approximate surface area is 65.3 Å². The molecule has 0 amide bonds. The molecular weight excluding hydrogens is 141 g/mol. The molecule has 0 aliphatic carbocycles. The van der Waals surface area contributed by atoms with Crippen molar-refractivity contribution in [1.29, 1.82) is 0 Å². The molecule has 1 rings (SSSR count). The van der Waals surface area contributed by atoms with Gasteiger partial charge in [0.1, 0.15) is 0 Å². The number of terminal acetylenes is 1. The van der Waals surface area contributed by atoms with E-state index >= 15 is 0 Å². The second-order valence-electron chi connectivity index (χ2n) is 2.36. The van der Waals surface area contributed by atoms with Gasteiger partial charge in [0.2, 0.25) is 5.67 Å². The molecule has 2 heteroatoms. The molecule has 0 fully saturated rings. The molecule has 0 spiro atoms. The van der Waals surface area contributed by atoms with Crippen LogP contribution in [0, 0.1) is 12.3 Å². The van der Waals surface area contributed by atoms with Crippen LogP contribution in [0.15, 0.2) is 24.4 Å². The van der Waals surface area contributed by atoms with E-state index in [4.69, 9.17) is 6.42 Å². The number of halogens is 1. The topological polar surface area (TPSA) is 12.9 Å². The molecule has 0 aliphatic rings. The summed E-state index contributed by atoms with van der Waals surface area (Å²) in [6.07, 6.45) is 6.49. The van der Waals surface area contributed by atoms with Gasteiger partial charge in [0, 0.05) is 6.20 Å². The Morgan fingerprint density at radius 2 is 2.36 bits per heavy atom. The van der Waals surface area contributed by atoms with Crippen molar-refractivity contribution in [1.82, 2.24) is 4.98 Å². The van der Waals surface area contributed by atoms with Gasteiger partial charge in [0.15, 0.2) is 0 Å². The zero-order valence-electron chi connectivity index (χ0n) is 6.21. The van der Waals surface area contributed by atoms with Crippen LogP contribution in [-0.4, -0.2) is 4.98 Å². The van der Waals surface area contributed by atoms with E-state index in [-0.39, 0.29) is 5.69 Å². The highest BCUT2D eigenvalue weighted by atomic mass is 19.1. The number of nitrogens with zero attached hydrogens (tertiary/aromatic N) is 1. The van der Waals surface area contributed by atoms with Crippen LogP contribution in [0.2, 0.25) is 0 Å². The van der Waals surface area contributed by atoms with Crippen molar-refractivity contribution in [2.24, 2.45) is 0 Å². The molecule has 0 bridgehead atoms. The van der Waals surface area contributed by atoms with Gasteiger partial charge >= 0.3 is 0 Å². The first kappa shape index (κ1) is 7.74. The number of rotatable bonds is 1. The van der Waals surface area contributed by atoms with Gasteiger partial charge in [0.05, 0.1) is 5.69 Å². The van der Waals surface area contributed by atoms with Crippen molar-refractivity contribution in [3.8, 4) is 12.3 Å². The van der Waals surface area contributed by atoms with Gasteiger partial charge in [-0.05, 0) is 19.1 Å². The average molecular weight is 149 g/mol. The third-order valence-electron chi connectivity index (χ3n) is 1.42. The molecule has 1 nitrogen and oxygen atoms in total. The van der Waals surface area contributed by atoms with Crippen molar-refractivity contribution < 1.29 is 4.39 Å². The average Bonchev–Trinajstić information content (AvgIpc) is 2.06. The predicted molar refractivity (Wildman–Crippen MR) is 41.5 cm³/mol. The lowest BCUT2D eigenvalue weighted by Gasteiger charge is -2.10. The fourth-order valence-electron chi connectivity index (χ4n) is 0.714. The molecule has 1 aromatic rings. The molecule has 1 heterocycles. The van der Waals surface area contributed by atoms with Gasteiger partial charge in [-0.15, -0.1) is 6.42 Å². The van der Waals surface area contributed by atoms with E-state index in [1.54, 1.807) is 18.2 Å². The number of hydrogen-bond donors (Lipinski definition) is 0. The highest BCUT2D eigenvalue weighted by molar-refractivity contribution is 5.22. The van der Waals surface area contributed by atoms with Crippen LogP contribution >= 0.6 is 0 Å². The van der Waals surface area contributed by atoms with Gasteiger partial charge in [0.25, 0.3) is 0 Å². The first-order valence-electron chi connectivity index (χ1n) is 3.25. The molecule has 1 unspecified atom stereocenters. The van der Waals surface area contributed by atoms with Crippen LogP contribution < -0.4 is 0 Å². The summed E-state index contributed by atoms with van der Waals surface area (Å²) >= 11 is 0. The Morgan fingerprint density at radius 3 is 2.82 bits per heavy atom. The summed E-state index contributed by atoms with van der Waals surface area (Å²) in [5.41, 5.74) is -1.47. The zero-order valence-corrected chi connectivity index (χ0v) is 6.21. The van der Waals surface area contributed by atoms with Crippen molar-refractivity contribution in [3.05, 3.63) is 30.1 Å². The van der Waals surface area contributed by atoms with Crippen LogP contribution in [-0.2, 0) is 5.67 Å². The summed E-state index contributed by atoms with van der Waals surface area (Å²) in [5, 5.41) is 0. The lowest BCUT2D eigenvalue weighted by Crippen LogP contribution is -2.13.